The molecule has 2 rings (SSSR count). The van der Waals surface area contributed by atoms with E-state index in [1.165, 1.54) is 0 Å². The third-order valence-corrected chi connectivity index (χ3v) is 4.82. The van der Waals surface area contributed by atoms with Crippen LogP contribution in [0.4, 0.5) is 0 Å². The van der Waals surface area contributed by atoms with E-state index in [9.17, 15) is 14.4 Å². The van der Waals surface area contributed by atoms with Gasteiger partial charge in [0.25, 0.3) is 0 Å². The monoisotopic (exact) mass is 484 g/mol. The van der Waals surface area contributed by atoms with Crippen LogP contribution in [0.25, 0.3) is 0 Å². The average Bonchev–Trinajstić information content (AvgIpc) is 2.69. The van der Waals surface area contributed by atoms with Gasteiger partial charge in [-0.3, -0.25) is 9.78 Å². The maximum absolute atomic E-state index is 13.2. The van der Waals surface area contributed by atoms with E-state index in [2.05, 4.69) is 4.98 Å². The zero-order valence-corrected chi connectivity index (χ0v) is 21.9. The van der Waals surface area contributed by atoms with E-state index in [0.717, 1.165) is 5.56 Å². The Morgan fingerprint density at radius 3 is 1.74 bits per heavy atom. The van der Waals surface area contributed by atoms with Gasteiger partial charge in [-0.25, -0.2) is 9.59 Å². The van der Waals surface area contributed by atoms with Crippen molar-refractivity contribution < 1.29 is 28.6 Å². The molecule has 8 heteroatoms. The Bertz CT molecular complexity index is 1030. The van der Waals surface area contributed by atoms with Crippen LogP contribution in [-0.2, 0) is 32.0 Å². The Morgan fingerprint density at radius 2 is 1.31 bits per heavy atom. The van der Waals surface area contributed by atoms with Gasteiger partial charge in [-0.15, -0.1) is 0 Å². The van der Waals surface area contributed by atoms with E-state index in [1.54, 1.807) is 55.4 Å². The highest BCUT2D eigenvalue weighted by Crippen LogP contribution is 2.27. The quantitative estimate of drug-likeness (QED) is 0.458. The zero-order valence-electron chi connectivity index (χ0n) is 21.9. The Balaban J connectivity index is 2.48. The molecule has 1 heterocycles. The van der Waals surface area contributed by atoms with Crippen molar-refractivity contribution >= 4 is 17.9 Å². The van der Waals surface area contributed by atoms with Gasteiger partial charge in [0.2, 0.25) is 0 Å². The van der Waals surface area contributed by atoms with Gasteiger partial charge in [-0.2, -0.15) is 0 Å². The highest BCUT2D eigenvalue weighted by atomic mass is 16.6. The van der Waals surface area contributed by atoms with Crippen molar-refractivity contribution in [3.8, 4) is 0 Å². The van der Waals surface area contributed by atoms with Crippen molar-refractivity contribution in [1.29, 1.82) is 0 Å². The first-order valence-electron chi connectivity index (χ1n) is 11.5. The Kier molecular flexibility index (Phi) is 8.79. The highest BCUT2D eigenvalue weighted by Gasteiger charge is 2.32. The van der Waals surface area contributed by atoms with Crippen molar-refractivity contribution in [2.45, 2.75) is 85.7 Å². The van der Waals surface area contributed by atoms with E-state index >= 15 is 0 Å². The van der Waals surface area contributed by atoms with Crippen LogP contribution in [0.1, 0.15) is 84.8 Å². The van der Waals surface area contributed by atoms with Crippen LogP contribution in [0.5, 0.6) is 0 Å². The molecule has 35 heavy (non-hydrogen) atoms. The topological polar surface area (TPSA) is 118 Å². The SMILES string of the molecule is Cc1nc(C)c(C(=O)OC(C)(C)C)c(C[C@H](N)C(=O)OCc2ccccc2)c1C(=O)OC(C)(C)C. The number of hydrogen-bond donors (Lipinski definition) is 1. The normalized spacial score (nSPS) is 12.6. The molecule has 0 bridgehead atoms. The number of rotatable bonds is 7. The molecule has 0 spiro atoms. The molecule has 0 amide bonds. The number of hydrogen-bond acceptors (Lipinski definition) is 8. The molecule has 1 aromatic heterocycles. The summed E-state index contributed by atoms with van der Waals surface area (Å²) in [6.45, 7) is 13.8. The molecular formula is C27H36N2O6. The Hall–Kier alpha value is -3.26. The number of carbonyl (C=O) groups excluding carboxylic acids is 3. The van der Waals surface area contributed by atoms with Crippen LogP contribution in [0.3, 0.4) is 0 Å². The molecule has 0 saturated carbocycles. The molecule has 8 nitrogen and oxygen atoms in total. The van der Waals surface area contributed by atoms with E-state index in [1.807, 2.05) is 30.3 Å². The lowest BCUT2D eigenvalue weighted by Gasteiger charge is -2.25. The summed E-state index contributed by atoms with van der Waals surface area (Å²) in [5.41, 5.74) is 6.63. The van der Waals surface area contributed by atoms with Gasteiger partial charge >= 0.3 is 17.9 Å². The van der Waals surface area contributed by atoms with Gasteiger partial charge in [-0.05, 0) is 66.5 Å². The second-order valence-corrected chi connectivity index (χ2v) is 10.4. The molecule has 1 atom stereocenters. The number of benzene rings is 1. The molecule has 0 fully saturated rings. The molecule has 2 N–H and O–H groups in total. The summed E-state index contributed by atoms with van der Waals surface area (Å²) in [5, 5.41) is 0. The van der Waals surface area contributed by atoms with Crippen molar-refractivity contribution in [1.82, 2.24) is 4.98 Å². The maximum atomic E-state index is 13.2. The molecule has 0 radical (unpaired) electrons. The number of esters is 3. The minimum Gasteiger partial charge on any atom is -0.460 e. The number of nitrogens with zero attached hydrogens (tertiary/aromatic N) is 1. The molecule has 0 aliphatic heterocycles. The lowest BCUT2D eigenvalue weighted by atomic mass is 9.93. The van der Waals surface area contributed by atoms with E-state index in [4.69, 9.17) is 19.9 Å². The Labute approximate surface area is 207 Å². The van der Waals surface area contributed by atoms with Gasteiger partial charge in [-0.1, -0.05) is 30.3 Å². The third-order valence-electron chi connectivity index (χ3n) is 4.82. The maximum Gasteiger partial charge on any atom is 0.340 e. The fourth-order valence-electron chi connectivity index (χ4n) is 3.47. The van der Waals surface area contributed by atoms with Crippen LogP contribution < -0.4 is 5.73 Å². The number of ether oxygens (including phenoxy) is 3. The zero-order chi connectivity index (χ0) is 26.6. The average molecular weight is 485 g/mol. The molecule has 0 saturated heterocycles. The van der Waals surface area contributed by atoms with Crippen molar-refractivity contribution in [3.05, 3.63) is 64.0 Å². The predicted molar refractivity (Wildman–Crippen MR) is 132 cm³/mol. The first-order valence-corrected chi connectivity index (χ1v) is 11.5. The van der Waals surface area contributed by atoms with Gasteiger partial charge in [0.15, 0.2) is 0 Å². The summed E-state index contributed by atoms with van der Waals surface area (Å²) in [7, 11) is 0. The molecule has 0 aliphatic carbocycles. The molecule has 1 aromatic carbocycles. The number of pyridine rings is 1. The van der Waals surface area contributed by atoms with Crippen molar-refractivity contribution in [3.63, 3.8) is 0 Å². The highest BCUT2D eigenvalue weighted by molar-refractivity contribution is 6.00. The standard InChI is InChI=1S/C27H36N2O6/c1-16-21(24(31)34-26(3,4)5)19(22(17(2)29-16)25(32)35-27(6,7)8)14-20(28)23(30)33-15-18-12-10-9-11-13-18/h9-13,20H,14-15,28H2,1-8H3/t20-/m0/s1. The van der Waals surface area contributed by atoms with Crippen LogP contribution in [0.15, 0.2) is 30.3 Å². The number of nitrogens with two attached hydrogens (primary N) is 1. The minimum absolute atomic E-state index is 0.0552. The van der Waals surface area contributed by atoms with Crippen molar-refractivity contribution in [2.75, 3.05) is 0 Å². The predicted octanol–water partition coefficient (Wildman–Crippen LogP) is 4.22. The smallest absolute Gasteiger partial charge is 0.340 e. The van der Waals surface area contributed by atoms with Gasteiger partial charge < -0.3 is 19.9 Å². The van der Waals surface area contributed by atoms with E-state index in [-0.39, 0.29) is 29.7 Å². The van der Waals surface area contributed by atoms with Gasteiger partial charge in [0.1, 0.15) is 23.9 Å². The number of carbonyl (C=O) groups is 3. The molecule has 2 aromatic rings. The fourth-order valence-corrected chi connectivity index (χ4v) is 3.47. The summed E-state index contributed by atoms with van der Waals surface area (Å²) in [4.78, 5) is 43.4. The van der Waals surface area contributed by atoms with Gasteiger partial charge in [0.05, 0.1) is 22.5 Å². The molecule has 0 aliphatic rings. The summed E-state index contributed by atoms with van der Waals surface area (Å²) in [6, 6.07) is 8.06. The molecular weight excluding hydrogens is 448 g/mol. The van der Waals surface area contributed by atoms with Crippen LogP contribution >= 0.6 is 0 Å². The van der Waals surface area contributed by atoms with Crippen LogP contribution in [0.2, 0.25) is 0 Å². The largest absolute Gasteiger partial charge is 0.460 e. The number of aromatic nitrogens is 1. The summed E-state index contributed by atoms with van der Waals surface area (Å²) >= 11 is 0. The lowest BCUT2D eigenvalue weighted by Crippen LogP contribution is -2.37. The lowest BCUT2D eigenvalue weighted by molar-refractivity contribution is -0.146. The first-order chi connectivity index (χ1) is 16.1. The Morgan fingerprint density at radius 1 is 0.857 bits per heavy atom. The number of aryl methyl sites for hydroxylation is 2. The third kappa shape index (κ3) is 8.17. The van der Waals surface area contributed by atoms with Crippen molar-refractivity contribution in [2.24, 2.45) is 5.73 Å². The van der Waals surface area contributed by atoms with E-state index in [0.29, 0.717) is 11.4 Å². The van der Waals surface area contributed by atoms with Crippen LogP contribution in [0, 0.1) is 13.8 Å². The molecule has 190 valence electrons. The molecule has 0 unspecified atom stereocenters. The second kappa shape index (κ2) is 11.0. The summed E-state index contributed by atoms with van der Waals surface area (Å²) in [6.07, 6.45) is -0.138. The van der Waals surface area contributed by atoms with Crippen LogP contribution in [-0.4, -0.2) is 40.1 Å². The van der Waals surface area contributed by atoms with Gasteiger partial charge in [0, 0.05) is 6.42 Å². The summed E-state index contributed by atoms with van der Waals surface area (Å²) in [5.74, 6) is -1.98. The minimum atomic E-state index is -1.14. The van der Waals surface area contributed by atoms with E-state index < -0.39 is 35.2 Å². The second-order valence-electron chi connectivity index (χ2n) is 10.4. The first kappa shape index (κ1) is 28.0. The summed E-state index contributed by atoms with van der Waals surface area (Å²) < 4.78 is 16.5. The fraction of sp³-hybridized carbons (Fsp3) is 0.481.